The summed E-state index contributed by atoms with van der Waals surface area (Å²) in [5.41, 5.74) is 2.71. The Balaban J connectivity index is 2.22. The number of guanidine groups is 1. The van der Waals surface area contributed by atoms with Gasteiger partial charge in [0.2, 0.25) is 0 Å². The second kappa shape index (κ2) is 9.73. The summed E-state index contributed by atoms with van der Waals surface area (Å²) in [5, 5.41) is 6.46. The van der Waals surface area contributed by atoms with Gasteiger partial charge in [0, 0.05) is 24.6 Å². The van der Waals surface area contributed by atoms with Crippen molar-refractivity contribution in [1.82, 2.24) is 10.6 Å². The molecule has 1 aromatic carbocycles. The SMILES string of the molecule is CCNC(=NCCSCc1ccc(C)cc1)NCC. The summed E-state index contributed by atoms with van der Waals surface area (Å²) in [7, 11) is 0. The first-order valence-corrected chi connectivity index (χ1v) is 8.07. The zero-order valence-electron chi connectivity index (χ0n) is 12.2. The summed E-state index contributed by atoms with van der Waals surface area (Å²) >= 11 is 1.93. The molecule has 0 unspecified atom stereocenters. The number of nitrogens with zero attached hydrogens (tertiary/aromatic N) is 1. The Morgan fingerprint density at radius 2 is 1.74 bits per heavy atom. The Morgan fingerprint density at radius 1 is 1.11 bits per heavy atom. The minimum Gasteiger partial charge on any atom is -0.357 e. The lowest BCUT2D eigenvalue weighted by Gasteiger charge is -2.08. The van der Waals surface area contributed by atoms with Crippen LogP contribution in [0.15, 0.2) is 29.3 Å². The molecule has 0 amide bonds. The molecular formula is C15H25N3S. The van der Waals surface area contributed by atoms with Crippen LogP contribution in [0.3, 0.4) is 0 Å². The quantitative estimate of drug-likeness (QED) is 0.458. The van der Waals surface area contributed by atoms with E-state index in [1.54, 1.807) is 0 Å². The lowest BCUT2D eigenvalue weighted by Crippen LogP contribution is -2.37. The zero-order valence-corrected chi connectivity index (χ0v) is 13.0. The van der Waals surface area contributed by atoms with Crippen LogP contribution in [0.5, 0.6) is 0 Å². The largest absolute Gasteiger partial charge is 0.357 e. The van der Waals surface area contributed by atoms with E-state index in [4.69, 9.17) is 0 Å². The molecule has 3 nitrogen and oxygen atoms in total. The molecule has 0 aliphatic rings. The molecule has 0 bridgehead atoms. The van der Waals surface area contributed by atoms with E-state index in [0.29, 0.717) is 0 Å². The van der Waals surface area contributed by atoms with Crippen LogP contribution in [0.4, 0.5) is 0 Å². The van der Waals surface area contributed by atoms with Gasteiger partial charge in [-0.3, -0.25) is 4.99 Å². The molecule has 0 radical (unpaired) electrons. The molecule has 0 aromatic heterocycles. The number of hydrogen-bond acceptors (Lipinski definition) is 2. The highest BCUT2D eigenvalue weighted by Gasteiger charge is 1.95. The van der Waals surface area contributed by atoms with E-state index >= 15 is 0 Å². The Bertz CT molecular complexity index is 365. The van der Waals surface area contributed by atoms with E-state index < -0.39 is 0 Å². The lowest BCUT2D eigenvalue weighted by atomic mass is 10.2. The van der Waals surface area contributed by atoms with Gasteiger partial charge in [-0.2, -0.15) is 11.8 Å². The molecule has 0 aliphatic heterocycles. The summed E-state index contributed by atoms with van der Waals surface area (Å²) in [6.45, 7) is 8.95. The van der Waals surface area contributed by atoms with Gasteiger partial charge in [-0.25, -0.2) is 0 Å². The van der Waals surface area contributed by atoms with E-state index in [0.717, 1.165) is 37.1 Å². The molecule has 0 atom stereocenters. The maximum absolute atomic E-state index is 4.52. The number of rotatable bonds is 7. The third kappa shape index (κ3) is 7.11. The number of thioether (sulfide) groups is 1. The molecule has 0 aliphatic carbocycles. The van der Waals surface area contributed by atoms with Gasteiger partial charge >= 0.3 is 0 Å². The smallest absolute Gasteiger partial charge is 0.191 e. The van der Waals surface area contributed by atoms with Gasteiger partial charge in [-0.15, -0.1) is 0 Å². The van der Waals surface area contributed by atoms with Gasteiger partial charge in [0.1, 0.15) is 0 Å². The maximum Gasteiger partial charge on any atom is 0.191 e. The highest BCUT2D eigenvalue weighted by molar-refractivity contribution is 7.98. The van der Waals surface area contributed by atoms with Crippen LogP contribution in [-0.2, 0) is 5.75 Å². The van der Waals surface area contributed by atoms with Gasteiger partial charge < -0.3 is 10.6 Å². The van der Waals surface area contributed by atoms with E-state index in [1.807, 2.05) is 11.8 Å². The first-order valence-electron chi connectivity index (χ1n) is 6.91. The molecule has 0 heterocycles. The monoisotopic (exact) mass is 279 g/mol. The first-order chi connectivity index (χ1) is 9.26. The fraction of sp³-hybridized carbons (Fsp3) is 0.533. The molecule has 0 saturated heterocycles. The normalized spacial score (nSPS) is 10.1. The molecule has 0 fully saturated rings. The number of benzene rings is 1. The molecule has 1 rings (SSSR count). The third-order valence-corrected chi connectivity index (χ3v) is 3.59. The number of aryl methyl sites for hydroxylation is 1. The van der Waals surface area contributed by atoms with Gasteiger partial charge in [0.15, 0.2) is 5.96 Å². The highest BCUT2D eigenvalue weighted by Crippen LogP contribution is 2.12. The summed E-state index contributed by atoms with van der Waals surface area (Å²) in [6, 6.07) is 8.74. The van der Waals surface area contributed by atoms with Crippen molar-refractivity contribution in [1.29, 1.82) is 0 Å². The van der Waals surface area contributed by atoms with Crippen LogP contribution in [0, 0.1) is 6.92 Å². The second-order valence-electron chi connectivity index (χ2n) is 4.33. The molecule has 2 N–H and O–H groups in total. The number of aliphatic imine (C=N–C) groups is 1. The van der Waals surface area contributed by atoms with Gasteiger partial charge in [0.05, 0.1) is 6.54 Å². The zero-order chi connectivity index (χ0) is 13.9. The van der Waals surface area contributed by atoms with Crippen molar-refractivity contribution in [3.63, 3.8) is 0 Å². The second-order valence-corrected chi connectivity index (χ2v) is 5.43. The topological polar surface area (TPSA) is 36.4 Å². The average molecular weight is 279 g/mol. The van der Waals surface area contributed by atoms with Gasteiger partial charge in [-0.05, 0) is 26.3 Å². The van der Waals surface area contributed by atoms with Crippen LogP contribution in [0.2, 0.25) is 0 Å². The van der Waals surface area contributed by atoms with Crippen molar-refractivity contribution in [2.24, 2.45) is 4.99 Å². The fourth-order valence-electron chi connectivity index (χ4n) is 1.61. The van der Waals surface area contributed by atoms with E-state index in [-0.39, 0.29) is 0 Å². The molecule has 0 spiro atoms. The van der Waals surface area contributed by atoms with Crippen LogP contribution in [-0.4, -0.2) is 31.3 Å². The van der Waals surface area contributed by atoms with Crippen molar-refractivity contribution in [2.75, 3.05) is 25.4 Å². The Morgan fingerprint density at radius 3 is 2.32 bits per heavy atom. The molecule has 106 valence electrons. The molecule has 4 heteroatoms. The predicted molar refractivity (Wildman–Crippen MR) is 87.0 cm³/mol. The average Bonchev–Trinajstić information content (AvgIpc) is 2.41. The van der Waals surface area contributed by atoms with Crippen molar-refractivity contribution >= 4 is 17.7 Å². The van der Waals surface area contributed by atoms with Gasteiger partial charge in [-0.1, -0.05) is 29.8 Å². The summed E-state index contributed by atoms with van der Waals surface area (Å²) in [6.07, 6.45) is 0. The fourth-order valence-corrected chi connectivity index (χ4v) is 2.40. The third-order valence-electron chi connectivity index (χ3n) is 2.58. The Kier molecular flexibility index (Phi) is 8.14. The summed E-state index contributed by atoms with van der Waals surface area (Å²) in [4.78, 5) is 4.52. The van der Waals surface area contributed by atoms with Crippen molar-refractivity contribution in [2.45, 2.75) is 26.5 Å². The lowest BCUT2D eigenvalue weighted by molar-refractivity contribution is 0.846. The summed E-state index contributed by atoms with van der Waals surface area (Å²) in [5.74, 6) is 3.03. The molecular weight excluding hydrogens is 254 g/mol. The molecule has 1 aromatic rings. The van der Waals surface area contributed by atoms with Crippen molar-refractivity contribution < 1.29 is 0 Å². The van der Waals surface area contributed by atoms with E-state index in [1.165, 1.54) is 11.1 Å². The van der Waals surface area contributed by atoms with Crippen LogP contribution < -0.4 is 10.6 Å². The van der Waals surface area contributed by atoms with Crippen molar-refractivity contribution in [3.8, 4) is 0 Å². The van der Waals surface area contributed by atoms with Crippen LogP contribution in [0.1, 0.15) is 25.0 Å². The molecule has 0 saturated carbocycles. The Hall–Kier alpha value is -1.16. The minimum absolute atomic E-state index is 0.853. The van der Waals surface area contributed by atoms with Crippen LogP contribution in [0.25, 0.3) is 0 Å². The highest BCUT2D eigenvalue weighted by atomic mass is 32.2. The van der Waals surface area contributed by atoms with Gasteiger partial charge in [0.25, 0.3) is 0 Å². The Labute approximate surface area is 121 Å². The minimum atomic E-state index is 0.853. The number of nitrogens with one attached hydrogen (secondary N) is 2. The standard InChI is InChI=1S/C15H25N3S/c1-4-16-15(17-5-2)18-10-11-19-12-14-8-6-13(3)7-9-14/h6-9H,4-5,10-12H2,1-3H3,(H2,16,17,18). The predicted octanol–water partition coefficient (Wildman–Crippen LogP) is 2.80. The van der Waals surface area contributed by atoms with E-state index in [9.17, 15) is 0 Å². The summed E-state index contributed by atoms with van der Waals surface area (Å²) < 4.78 is 0. The van der Waals surface area contributed by atoms with E-state index in [2.05, 4.69) is 60.7 Å². The molecule has 19 heavy (non-hydrogen) atoms. The van der Waals surface area contributed by atoms with Crippen molar-refractivity contribution in [3.05, 3.63) is 35.4 Å². The first kappa shape index (κ1) is 15.9. The number of hydrogen-bond donors (Lipinski definition) is 2. The van der Waals surface area contributed by atoms with Crippen LogP contribution >= 0.6 is 11.8 Å². The maximum atomic E-state index is 4.52.